The molecule has 0 amide bonds. The van der Waals surface area contributed by atoms with E-state index >= 15 is 0 Å². The molecule has 0 aliphatic rings. The highest BCUT2D eigenvalue weighted by Gasteiger charge is 2.28. The fraction of sp³-hybridized carbons (Fsp3) is 0.133. The van der Waals surface area contributed by atoms with Crippen molar-refractivity contribution in [2.75, 3.05) is 0 Å². The maximum Gasteiger partial charge on any atom is -0.000740 e. The maximum absolute atomic E-state index is 2.58. The van der Waals surface area contributed by atoms with Crippen LogP contribution < -0.4 is 0 Å². The lowest BCUT2D eigenvalue weighted by atomic mass is 9.82. The topological polar surface area (TPSA) is 0 Å². The number of hydrogen-bond donors (Lipinski definition) is 0. The summed E-state index contributed by atoms with van der Waals surface area (Å²) in [5, 5.41) is 26.9. The van der Waals surface area contributed by atoms with Crippen molar-refractivity contribution in [2.45, 2.75) is 52.4 Å². The van der Waals surface area contributed by atoms with Crippen molar-refractivity contribution < 1.29 is 0 Å². The molecular weight excluding hydrogens is 721 g/mol. The number of fused-ring (bicyclic) bond motifs is 9. The van der Waals surface area contributed by atoms with Gasteiger partial charge in [-0.15, -0.1) is 0 Å². The third kappa shape index (κ3) is 4.41. The monoisotopic (exact) mass is 764 g/mol. The van der Waals surface area contributed by atoms with Gasteiger partial charge in [0.1, 0.15) is 0 Å². The molecule has 0 aliphatic carbocycles. The number of benzene rings is 11. The quantitative estimate of drug-likeness (QED) is 0.121. The Kier molecular flexibility index (Phi) is 6.54. The van der Waals surface area contributed by atoms with E-state index in [1.165, 1.54) is 141 Å². The van der Waals surface area contributed by atoms with E-state index in [4.69, 9.17) is 0 Å². The number of rotatable bonds is 2. The van der Waals surface area contributed by atoms with Gasteiger partial charge < -0.3 is 0 Å². The average Bonchev–Trinajstić information content (AvgIpc) is 3.75. The first kappa shape index (κ1) is 34.1. The molecule has 284 valence electrons. The molecule has 13 aromatic carbocycles. The average molecular weight is 765 g/mol. The van der Waals surface area contributed by atoms with Gasteiger partial charge in [-0.05, 0) is 176 Å². The van der Waals surface area contributed by atoms with E-state index in [0.29, 0.717) is 0 Å². The molecule has 0 nitrogen and oxygen atoms in total. The van der Waals surface area contributed by atoms with Gasteiger partial charge in [-0.1, -0.05) is 175 Å². The lowest BCUT2D eigenvalue weighted by Gasteiger charge is -2.22. The standard InChI is InChI=1S/C60H44/c1-59(2,3)37-27-36-28-38(60(4,5)6)30-48-46-32-50-49(31-45(46)47(29-37)52(36)48)53(34-15-9-7-10-16-34)57-43-25-23-41-39-21-13-19-33-20-14-22-40(51(33)39)42-24-26-44(56(43)55(41)42)58(57)54(50)35-17-11-8-12-18-35/h7-32H,1-6H3. The molecule has 60 heavy (non-hydrogen) atoms. The van der Waals surface area contributed by atoms with E-state index in [1.54, 1.807) is 0 Å². The molecule has 0 aliphatic heterocycles. The van der Waals surface area contributed by atoms with Gasteiger partial charge in [0.05, 0.1) is 0 Å². The molecule has 13 rings (SSSR count). The van der Waals surface area contributed by atoms with Crippen LogP contribution in [0.1, 0.15) is 52.7 Å². The SMILES string of the molecule is CC(C)(C)c1cc2cc(C(C)(C)C)cc3c4cc5c(-c6ccccc6)c6c7ccc8c9cccc%10cccc(c%11ccc(c6c(-c6ccccc6)c5cc4c(c1)c23)c7c%118)c%109. The molecule has 0 N–H and O–H groups in total. The van der Waals surface area contributed by atoms with Gasteiger partial charge in [0, 0.05) is 0 Å². The second-order valence-electron chi connectivity index (χ2n) is 19.6. The Morgan fingerprint density at radius 1 is 0.250 bits per heavy atom. The molecule has 0 saturated carbocycles. The third-order valence-electron chi connectivity index (χ3n) is 14.1. The summed E-state index contributed by atoms with van der Waals surface area (Å²) >= 11 is 0. The third-order valence-corrected chi connectivity index (χ3v) is 14.1. The Balaban J connectivity index is 1.31. The van der Waals surface area contributed by atoms with Crippen molar-refractivity contribution >= 4 is 108 Å². The predicted molar refractivity (Wildman–Crippen MR) is 263 cm³/mol. The van der Waals surface area contributed by atoms with Gasteiger partial charge in [-0.3, -0.25) is 0 Å². The summed E-state index contributed by atoms with van der Waals surface area (Å²) in [7, 11) is 0. The summed E-state index contributed by atoms with van der Waals surface area (Å²) in [5.41, 5.74) is 7.93. The van der Waals surface area contributed by atoms with Crippen LogP contribution >= 0.6 is 0 Å². The summed E-state index contributed by atoms with van der Waals surface area (Å²) in [4.78, 5) is 0. The fourth-order valence-electron chi connectivity index (χ4n) is 11.3. The normalized spacial score (nSPS) is 13.2. The first-order chi connectivity index (χ1) is 29.0. The van der Waals surface area contributed by atoms with E-state index in [0.717, 1.165) is 0 Å². The zero-order chi connectivity index (χ0) is 40.4. The number of hydrogen-bond acceptors (Lipinski definition) is 0. The molecular formula is C60H44. The van der Waals surface area contributed by atoms with Crippen LogP contribution in [0.3, 0.4) is 0 Å². The van der Waals surface area contributed by atoms with Gasteiger partial charge in [-0.25, -0.2) is 0 Å². The minimum atomic E-state index is 0.00940. The minimum Gasteiger partial charge on any atom is -0.0622 e. The van der Waals surface area contributed by atoms with Crippen molar-refractivity contribution in [1.82, 2.24) is 0 Å². The summed E-state index contributed by atoms with van der Waals surface area (Å²) in [6.45, 7) is 14.1. The Morgan fingerprint density at radius 2 is 0.650 bits per heavy atom. The van der Waals surface area contributed by atoms with E-state index in [-0.39, 0.29) is 10.8 Å². The second kappa shape index (κ2) is 11.5. The molecule has 0 saturated heterocycles. The van der Waals surface area contributed by atoms with Crippen LogP contribution in [0.15, 0.2) is 158 Å². The van der Waals surface area contributed by atoms with Gasteiger partial charge in [0.2, 0.25) is 0 Å². The largest absolute Gasteiger partial charge is 0.0622 e. The Bertz CT molecular complexity index is 3660. The Hall–Kier alpha value is -6.76. The van der Waals surface area contributed by atoms with Crippen molar-refractivity contribution in [1.29, 1.82) is 0 Å². The van der Waals surface area contributed by atoms with Crippen LogP contribution in [-0.4, -0.2) is 0 Å². The Morgan fingerprint density at radius 3 is 1.10 bits per heavy atom. The summed E-state index contributed by atoms with van der Waals surface area (Å²) in [6, 6.07) is 60.9. The Labute approximate surface area is 349 Å². The molecule has 0 aromatic heterocycles. The van der Waals surface area contributed by atoms with E-state index in [1.807, 2.05) is 0 Å². The lowest BCUT2D eigenvalue weighted by molar-refractivity contribution is 0.590. The highest BCUT2D eigenvalue weighted by molar-refractivity contribution is 6.46. The molecule has 0 spiro atoms. The summed E-state index contributed by atoms with van der Waals surface area (Å²) in [5.74, 6) is 0. The van der Waals surface area contributed by atoms with Crippen LogP contribution in [0.4, 0.5) is 0 Å². The summed E-state index contributed by atoms with van der Waals surface area (Å²) in [6.07, 6.45) is 0. The molecule has 0 heteroatoms. The molecule has 0 bridgehead atoms. The van der Waals surface area contributed by atoms with Gasteiger partial charge in [0.25, 0.3) is 0 Å². The molecule has 13 aromatic rings. The van der Waals surface area contributed by atoms with Crippen molar-refractivity contribution in [3.63, 3.8) is 0 Å². The first-order valence-electron chi connectivity index (χ1n) is 21.6. The molecule has 0 radical (unpaired) electrons. The molecule has 0 heterocycles. The lowest BCUT2D eigenvalue weighted by Crippen LogP contribution is -2.12. The highest BCUT2D eigenvalue weighted by Crippen LogP contribution is 2.55. The zero-order valence-electron chi connectivity index (χ0n) is 35.0. The molecule has 0 unspecified atom stereocenters. The van der Waals surface area contributed by atoms with Crippen LogP contribution in [0.25, 0.3) is 130 Å². The predicted octanol–water partition coefficient (Wildman–Crippen LogP) is 17.5. The summed E-state index contributed by atoms with van der Waals surface area (Å²) < 4.78 is 0. The van der Waals surface area contributed by atoms with Gasteiger partial charge in [0.15, 0.2) is 0 Å². The minimum absolute atomic E-state index is 0.00940. The molecule has 0 atom stereocenters. The highest BCUT2D eigenvalue weighted by atomic mass is 14.3. The zero-order valence-corrected chi connectivity index (χ0v) is 35.0. The fourth-order valence-corrected chi connectivity index (χ4v) is 11.3. The van der Waals surface area contributed by atoms with E-state index < -0.39 is 0 Å². The van der Waals surface area contributed by atoms with Crippen molar-refractivity contribution in [3.8, 4) is 22.3 Å². The van der Waals surface area contributed by atoms with Crippen molar-refractivity contribution in [2.24, 2.45) is 0 Å². The maximum atomic E-state index is 2.58. The first-order valence-corrected chi connectivity index (χ1v) is 21.6. The van der Waals surface area contributed by atoms with Crippen molar-refractivity contribution in [3.05, 3.63) is 169 Å². The van der Waals surface area contributed by atoms with E-state index in [9.17, 15) is 0 Å². The van der Waals surface area contributed by atoms with E-state index in [2.05, 4.69) is 199 Å². The van der Waals surface area contributed by atoms with Crippen LogP contribution in [-0.2, 0) is 10.8 Å². The van der Waals surface area contributed by atoms with Gasteiger partial charge >= 0.3 is 0 Å². The van der Waals surface area contributed by atoms with Crippen LogP contribution in [0, 0.1) is 0 Å². The smallest absolute Gasteiger partial charge is 0.000740 e. The second-order valence-corrected chi connectivity index (χ2v) is 19.6. The van der Waals surface area contributed by atoms with Crippen LogP contribution in [0.5, 0.6) is 0 Å². The van der Waals surface area contributed by atoms with Crippen LogP contribution in [0.2, 0.25) is 0 Å². The van der Waals surface area contributed by atoms with Gasteiger partial charge in [-0.2, -0.15) is 0 Å². The molecule has 0 fully saturated rings.